The van der Waals surface area contributed by atoms with Crippen molar-refractivity contribution in [3.05, 3.63) is 16.1 Å². The Balaban J connectivity index is 3.33. The number of nitrogens with zero attached hydrogens (tertiary/aromatic N) is 1. The molecule has 0 saturated heterocycles. The summed E-state index contributed by atoms with van der Waals surface area (Å²) in [6, 6.07) is 0. The number of hydrogen-bond donors (Lipinski definition) is 0. The van der Waals surface area contributed by atoms with Crippen LogP contribution in [-0.4, -0.2) is 15.9 Å². The van der Waals surface area contributed by atoms with Crippen LogP contribution < -0.4 is 5.56 Å². The molecule has 0 bridgehead atoms. The quantitative estimate of drug-likeness (QED) is 0.611. The first-order valence-electron chi connectivity index (χ1n) is 4.57. The molecule has 0 aromatic carbocycles. The van der Waals surface area contributed by atoms with E-state index >= 15 is 0 Å². The molecule has 1 heterocycles. The van der Waals surface area contributed by atoms with Gasteiger partial charge in [0, 0.05) is 5.92 Å². The fourth-order valence-electron chi connectivity index (χ4n) is 1.14. The first-order valence-corrected chi connectivity index (χ1v) is 5.94. The number of carbonyl (C=O) groups excluding carboxylic acids is 1. The second-order valence-electron chi connectivity index (χ2n) is 3.22. The van der Waals surface area contributed by atoms with Crippen LogP contribution in [0, 0.1) is 0 Å². The molecular formula is C9H12ClNO3S. The van der Waals surface area contributed by atoms with E-state index in [9.17, 15) is 9.59 Å². The highest BCUT2D eigenvalue weighted by molar-refractivity contribution is 7.99. The molecule has 1 rings (SSSR count). The third-order valence-corrected chi connectivity index (χ3v) is 2.87. The Morgan fingerprint density at radius 3 is 2.60 bits per heavy atom. The maximum absolute atomic E-state index is 11.7. The first-order chi connectivity index (χ1) is 6.99. The highest BCUT2D eigenvalue weighted by Crippen LogP contribution is 2.26. The minimum atomic E-state index is -0.912. The first kappa shape index (κ1) is 12.4. The van der Waals surface area contributed by atoms with Crippen molar-refractivity contribution in [3.8, 4) is 0 Å². The van der Waals surface area contributed by atoms with Crippen molar-refractivity contribution >= 4 is 28.7 Å². The van der Waals surface area contributed by atoms with Crippen molar-refractivity contribution in [2.75, 3.05) is 5.75 Å². The lowest BCUT2D eigenvalue weighted by Crippen LogP contribution is -2.18. The maximum atomic E-state index is 11.7. The predicted molar refractivity (Wildman–Crippen MR) is 60.1 cm³/mol. The lowest BCUT2D eigenvalue weighted by molar-refractivity contribution is 0.223. The summed E-state index contributed by atoms with van der Waals surface area (Å²) in [6.07, 6.45) is 0. The molecule has 0 aliphatic rings. The summed E-state index contributed by atoms with van der Waals surface area (Å²) in [4.78, 5) is 23.0. The van der Waals surface area contributed by atoms with Crippen molar-refractivity contribution in [3.63, 3.8) is 0 Å². The molecule has 0 saturated carbocycles. The van der Waals surface area contributed by atoms with Gasteiger partial charge in [-0.25, -0.2) is 0 Å². The lowest BCUT2D eigenvalue weighted by Gasteiger charge is -2.00. The van der Waals surface area contributed by atoms with E-state index in [2.05, 4.69) is 0 Å². The van der Waals surface area contributed by atoms with Crippen LogP contribution in [0.4, 0.5) is 4.79 Å². The zero-order chi connectivity index (χ0) is 11.6. The van der Waals surface area contributed by atoms with Crippen molar-refractivity contribution in [2.24, 2.45) is 0 Å². The minimum Gasteiger partial charge on any atom is -0.371 e. The van der Waals surface area contributed by atoms with E-state index in [4.69, 9.17) is 16.1 Å². The van der Waals surface area contributed by atoms with Gasteiger partial charge in [-0.05, 0) is 17.4 Å². The Morgan fingerprint density at radius 1 is 1.60 bits per heavy atom. The van der Waals surface area contributed by atoms with Crippen molar-refractivity contribution < 1.29 is 9.32 Å². The summed E-state index contributed by atoms with van der Waals surface area (Å²) < 4.78 is 5.71. The normalized spacial score (nSPS) is 11.0. The summed E-state index contributed by atoms with van der Waals surface area (Å²) >= 11 is 6.58. The molecule has 4 nitrogen and oxygen atoms in total. The highest BCUT2D eigenvalue weighted by atomic mass is 35.5. The van der Waals surface area contributed by atoms with E-state index in [0.717, 1.165) is 5.75 Å². The Kier molecular flexibility index (Phi) is 4.04. The van der Waals surface area contributed by atoms with E-state index < -0.39 is 10.9 Å². The summed E-state index contributed by atoms with van der Waals surface area (Å²) in [5.41, 5.74) is -0.467. The summed E-state index contributed by atoms with van der Waals surface area (Å²) in [7, 11) is 0. The van der Waals surface area contributed by atoms with Crippen LogP contribution in [0.2, 0.25) is 0 Å². The van der Waals surface area contributed by atoms with Crippen LogP contribution in [0.1, 0.15) is 32.4 Å². The van der Waals surface area contributed by atoms with Gasteiger partial charge in [-0.1, -0.05) is 25.5 Å². The van der Waals surface area contributed by atoms with Crippen molar-refractivity contribution in [1.29, 1.82) is 0 Å². The number of carbonyl (C=O) groups is 1. The molecule has 0 fully saturated rings. The molecular weight excluding hydrogens is 238 g/mol. The average molecular weight is 250 g/mol. The van der Waals surface area contributed by atoms with Crippen LogP contribution in [0.15, 0.2) is 14.2 Å². The number of aromatic nitrogens is 1. The zero-order valence-electron chi connectivity index (χ0n) is 8.74. The molecule has 15 heavy (non-hydrogen) atoms. The predicted octanol–water partition coefficient (Wildman–Crippen LogP) is 2.88. The van der Waals surface area contributed by atoms with Gasteiger partial charge in [-0.2, -0.15) is 0 Å². The molecule has 0 atom stereocenters. The van der Waals surface area contributed by atoms with Crippen LogP contribution in [0.25, 0.3) is 0 Å². The average Bonchev–Trinajstić information content (AvgIpc) is 2.45. The molecule has 0 amide bonds. The second-order valence-corrected chi connectivity index (χ2v) is 4.82. The topological polar surface area (TPSA) is 52.2 Å². The van der Waals surface area contributed by atoms with Gasteiger partial charge in [-0.15, -0.1) is 11.8 Å². The Labute approximate surface area is 96.5 Å². The number of halogens is 1. The van der Waals surface area contributed by atoms with E-state index in [-0.39, 0.29) is 5.92 Å². The van der Waals surface area contributed by atoms with Gasteiger partial charge >= 0.3 is 10.9 Å². The van der Waals surface area contributed by atoms with Gasteiger partial charge < -0.3 is 4.52 Å². The molecule has 0 aliphatic carbocycles. The van der Waals surface area contributed by atoms with E-state index in [1.165, 1.54) is 11.8 Å². The smallest absolute Gasteiger partial charge is 0.357 e. The minimum absolute atomic E-state index is 0.0454. The number of thioether (sulfide) groups is 1. The zero-order valence-corrected chi connectivity index (χ0v) is 10.3. The van der Waals surface area contributed by atoms with Gasteiger partial charge in [0.15, 0.2) is 5.76 Å². The van der Waals surface area contributed by atoms with Gasteiger partial charge in [0.25, 0.3) is 0 Å². The lowest BCUT2D eigenvalue weighted by atomic mass is 10.2. The largest absolute Gasteiger partial charge is 0.371 e. The highest BCUT2D eigenvalue weighted by Gasteiger charge is 2.22. The van der Waals surface area contributed by atoms with Gasteiger partial charge in [0.1, 0.15) is 4.90 Å². The van der Waals surface area contributed by atoms with Crippen molar-refractivity contribution in [1.82, 2.24) is 4.74 Å². The SMILES string of the molecule is CCSc1c(C(C)C)on(C(=O)Cl)c1=O. The Morgan fingerprint density at radius 2 is 2.20 bits per heavy atom. The van der Waals surface area contributed by atoms with Crippen LogP contribution in [0.3, 0.4) is 0 Å². The molecule has 84 valence electrons. The molecule has 1 aromatic rings. The van der Waals surface area contributed by atoms with Crippen LogP contribution in [-0.2, 0) is 0 Å². The third-order valence-electron chi connectivity index (χ3n) is 1.76. The van der Waals surface area contributed by atoms with E-state index in [1.54, 1.807) is 0 Å². The fraction of sp³-hybridized carbons (Fsp3) is 0.556. The fourth-order valence-corrected chi connectivity index (χ4v) is 2.16. The van der Waals surface area contributed by atoms with Crippen LogP contribution >= 0.6 is 23.4 Å². The maximum Gasteiger partial charge on any atom is 0.357 e. The molecule has 0 radical (unpaired) electrons. The molecule has 0 unspecified atom stereocenters. The summed E-state index contributed by atoms with van der Waals surface area (Å²) in [6.45, 7) is 5.70. The second kappa shape index (κ2) is 4.90. The molecule has 0 spiro atoms. The molecule has 0 aliphatic heterocycles. The van der Waals surface area contributed by atoms with E-state index in [0.29, 0.717) is 15.4 Å². The van der Waals surface area contributed by atoms with Crippen molar-refractivity contribution in [2.45, 2.75) is 31.6 Å². The standard InChI is InChI=1S/C9H12ClNO3S/c1-4-15-7-6(5(2)3)14-11(8(7)12)9(10)13/h5H,4H2,1-3H3. The Bertz CT molecular complexity index is 421. The third kappa shape index (κ3) is 2.46. The molecule has 0 N–H and O–H groups in total. The summed E-state index contributed by atoms with van der Waals surface area (Å²) in [5.74, 6) is 1.30. The van der Waals surface area contributed by atoms with Gasteiger partial charge in [0.05, 0.1) is 0 Å². The monoisotopic (exact) mass is 249 g/mol. The molecule has 6 heteroatoms. The van der Waals surface area contributed by atoms with Gasteiger partial charge in [0.2, 0.25) is 0 Å². The van der Waals surface area contributed by atoms with E-state index in [1.807, 2.05) is 20.8 Å². The Hall–Kier alpha value is -0.680. The van der Waals surface area contributed by atoms with Gasteiger partial charge in [-0.3, -0.25) is 9.59 Å². The van der Waals surface area contributed by atoms with Crippen LogP contribution in [0.5, 0.6) is 0 Å². The number of rotatable bonds is 3. The molecule has 1 aromatic heterocycles. The number of hydrogen-bond acceptors (Lipinski definition) is 4. The summed E-state index contributed by atoms with van der Waals surface area (Å²) in [5, 5.41) is -0.912.